The first-order valence-electron chi connectivity index (χ1n) is 22.3. The minimum absolute atomic E-state index is 0.0255. The smallest absolute Gasteiger partial charge is 0.337 e. The first-order chi connectivity index (χ1) is 27.9. The fourth-order valence-corrected chi connectivity index (χ4v) is 10.2. The molecule has 4 N–H and O–H groups in total. The first-order valence-corrected chi connectivity index (χ1v) is 25.4. The van der Waals surface area contributed by atoms with Crippen LogP contribution in [-0.2, 0) is 0 Å². The van der Waals surface area contributed by atoms with Gasteiger partial charge in [-0.25, -0.2) is 9.59 Å². The molecule has 2 rings (SSSR count). The normalized spacial score (nSPS) is 12.5. The number of hydrogen-bond acceptors (Lipinski definition) is 4. The van der Waals surface area contributed by atoms with Gasteiger partial charge in [-0.05, 0) is 101 Å². The van der Waals surface area contributed by atoms with E-state index in [0.717, 1.165) is 103 Å². The van der Waals surface area contributed by atoms with E-state index in [0.29, 0.717) is 13.1 Å². The lowest BCUT2D eigenvalue weighted by atomic mass is 9.90. The zero-order valence-electron chi connectivity index (χ0n) is 35.6. The van der Waals surface area contributed by atoms with Crippen molar-refractivity contribution in [2.45, 2.75) is 182 Å². The number of carboxylic acid groups (broad SMARTS) is 2. The summed E-state index contributed by atoms with van der Waals surface area (Å²) in [5.41, 5.74) is -0.681. The van der Waals surface area contributed by atoms with Crippen molar-refractivity contribution in [2.24, 2.45) is 11.8 Å². The molecule has 0 spiro atoms. The van der Waals surface area contributed by atoms with Gasteiger partial charge >= 0.3 is 11.9 Å². The standard InChI is InChI=1S/C46H70Br4N2O6/c1-5-9-13-17-19-23-27-31(25-21-15-11-7-3)29-51-43(53)35-33-34(38(46(57)58)42(50)41(49)37(33)45(55)56)36(40(48)39(35)47)44(54)52-30-32(26-22-16-12-8-4)28-24-20-18-14-10-6-2/h31-32H,5-30H2,1-4H3,(H,51,53)(H,52,54)(H,55,56)(H,57,58). The molecule has 0 fully saturated rings. The molecule has 8 nitrogen and oxygen atoms in total. The Labute approximate surface area is 382 Å². The van der Waals surface area contributed by atoms with E-state index in [2.05, 4.69) is 102 Å². The number of amides is 2. The Hall–Kier alpha value is -1.50. The van der Waals surface area contributed by atoms with E-state index in [1.165, 1.54) is 51.4 Å². The predicted octanol–water partition coefficient (Wildman–Crippen LogP) is 15.4. The van der Waals surface area contributed by atoms with Crippen molar-refractivity contribution in [1.82, 2.24) is 10.6 Å². The van der Waals surface area contributed by atoms with Crippen molar-refractivity contribution in [2.75, 3.05) is 13.1 Å². The van der Waals surface area contributed by atoms with Gasteiger partial charge in [-0.2, -0.15) is 0 Å². The molecule has 328 valence electrons. The van der Waals surface area contributed by atoms with Crippen molar-refractivity contribution < 1.29 is 29.4 Å². The lowest BCUT2D eigenvalue weighted by molar-refractivity contribution is 0.0682. The Balaban J connectivity index is 2.61. The fraction of sp³-hybridized carbons (Fsp3) is 0.696. The molecule has 0 aromatic heterocycles. The summed E-state index contributed by atoms with van der Waals surface area (Å²) in [6.45, 7) is 9.59. The molecule has 2 amide bonds. The van der Waals surface area contributed by atoms with Gasteiger partial charge in [0, 0.05) is 41.8 Å². The molecular formula is C46H70Br4N2O6. The fourth-order valence-electron chi connectivity index (χ4n) is 7.95. The Morgan fingerprint density at radius 1 is 0.414 bits per heavy atom. The topological polar surface area (TPSA) is 133 Å². The zero-order chi connectivity index (χ0) is 43.0. The molecule has 0 bridgehead atoms. The van der Waals surface area contributed by atoms with E-state index in [1.807, 2.05) is 0 Å². The predicted molar refractivity (Wildman–Crippen MR) is 254 cm³/mol. The maximum atomic E-state index is 14.4. The Morgan fingerprint density at radius 3 is 0.931 bits per heavy atom. The quantitative estimate of drug-likeness (QED) is 0.0540. The van der Waals surface area contributed by atoms with E-state index in [4.69, 9.17) is 0 Å². The summed E-state index contributed by atoms with van der Waals surface area (Å²) in [4.78, 5) is 54.9. The van der Waals surface area contributed by atoms with Gasteiger partial charge in [-0.1, -0.05) is 156 Å². The van der Waals surface area contributed by atoms with E-state index in [1.54, 1.807) is 0 Å². The molecule has 0 saturated heterocycles. The molecule has 0 aliphatic rings. The van der Waals surface area contributed by atoms with Gasteiger partial charge in [-0.3, -0.25) is 9.59 Å². The summed E-state index contributed by atoms with van der Waals surface area (Å²) < 4.78 is 0.327. The highest BCUT2D eigenvalue weighted by Gasteiger charge is 2.34. The van der Waals surface area contributed by atoms with E-state index in [9.17, 15) is 29.4 Å². The highest BCUT2D eigenvalue weighted by atomic mass is 79.9. The molecule has 2 atom stereocenters. The number of aromatic carboxylic acids is 2. The number of halogens is 4. The van der Waals surface area contributed by atoms with Gasteiger partial charge in [0.25, 0.3) is 11.8 Å². The Kier molecular flexibility index (Phi) is 27.0. The van der Waals surface area contributed by atoms with Crippen LogP contribution in [0.15, 0.2) is 17.9 Å². The van der Waals surface area contributed by atoms with E-state index in [-0.39, 0.29) is 62.8 Å². The van der Waals surface area contributed by atoms with E-state index < -0.39 is 23.8 Å². The molecule has 0 aliphatic heterocycles. The van der Waals surface area contributed by atoms with Crippen LogP contribution in [-0.4, -0.2) is 47.1 Å². The van der Waals surface area contributed by atoms with Crippen LogP contribution < -0.4 is 10.6 Å². The number of carbonyl (C=O) groups excluding carboxylic acids is 2. The second kappa shape index (κ2) is 29.7. The number of rotatable bonds is 32. The first kappa shape index (κ1) is 52.6. The van der Waals surface area contributed by atoms with Gasteiger partial charge in [0.05, 0.1) is 22.3 Å². The summed E-state index contributed by atoms with van der Waals surface area (Å²) in [5.74, 6) is -3.33. The van der Waals surface area contributed by atoms with Crippen LogP contribution >= 0.6 is 63.7 Å². The van der Waals surface area contributed by atoms with Crippen molar-refractivity contribution in [3.8, 4) is 0 Å². The molecule has 2 unspecified atom stereocenters. The number of benzene rings is 2. The van der Waals surface area contributed by atoms with Gasteiger partial charge in [-0.15, -0.1) is 0 Å². The van der Waals surface area contributed by atoms with Crippen molar-refractivity contribution in [3.05, 3.63) is 40.1 Å². The van der Waals surface area contributed by atoms with Crippen LogP contribution in [0, 0.1) is 11.8 Å². The number of fused-ring (bicyclic) bond motifs is 1. The Morgan fingerprint density at radius 2 is 0.655 bits per heavy atom. The van der Waals surface area contributed by atoms with Crippen LogP contribution in [0.2, 0.25) is 0 Å². The lowest BCUT2D eigenvalue weighted by Gasteiger charge is -2.23. The molecule has 58 heavy (non-hydrogen) atoms. The van der Waals surface area contributed by atoms with Crippen molar-refractivity contribution in [3.63, 3.8) is 0 Å². The molecule has 2 aromatic rings. The Bertz CT molecular complexity index is 1500. The molecule has 0 aliphatic carbocycles. The third-order valence-corrected chi connectivity index (χ3v) is 15.6. The van der Waals surface area contributed by atoms with Crippen LogP contribution in [0.25, 0.3) is 10.8 Å². The monoisotopic (exact) mass is 1060 g/mol. The SMILES string of the molecule is CCCCCCCCC(CCCCCC)CNC(=O)c1c(Br)c(Br)c(C(=O)NCC(CCCCCC)CCCCCCCC)c2c(C(=O)O)c(Br)c(Br)c(C(=O)O)c12. The molecule has 0 radical (unpaired) electrons. The highest BCUT2D eigenvalue weighted by Crippen LogP contribution is 2.46. The molecule has 0 saturated carbocycles. The van der Waals surface area contributed by atoms with Crippen LogP contribution in [0.4, 0.5) is 0 Å². The van der Waals surface area contributed by atoms with Crippen molar-refractivity contribution >= 4 is 98.2 Å². The maximum Gasteiger partial charge on any atom is 0.337 e. The number of nitrogens with one attached hydrogen (secondary N) is 2. The molecule has 0 heterocycles. The second-order valence-electron chi connectivity index (χ2n) is 16.1. The van der Waals surface area contributed by atoms with Crippen molar-refractivity contribution in [1.29, 1.82) is 0 Å². The summed E-state index contributed by atoms with van der Waals surface area (Å²) >= 11 is 13.8. The van der Waals surface area contributed by atoms with Gasteiger partial charge in [0.2, 0.25) is 0 Å². The summed E-state index contributed by atoms with van der Waals surface area (Å²) in [6, 6.07) is 0. The summed E-state index contributed by atoms with van der Waals surface area (Å²) in [6.07, 6.45) is 27.1. The summed E-state index contributed by atoms with van der Waals surface area (Å²) in [5, 5.41) is 27.3. The molecule has 12 heteroatoms. The van der Waals surface area contributed by atoms with Crippen LogP contribution in [0.1, 0.15) is 223 Å². The summed E-state index contributed by atoms with van der Waals surface area (Å²) in [7, 11) is 0. The maximum absolute atomic E-state index is 14.4. The lowest BCUT2D eigenvalue weighted by Crippen LogP contribution is -2.32. The molecule has 2 aromatic carbocycles. The third-order valence-electron chi connectivity index (χ3n) is 11.4. The van der Waals surface area contributed by atoms with Crippen LogP contribution in [0.3, 0.4) is 0 Å². The average molecular weight is 1070 g/mol. The number of carbonyl (C=O) groups is 4. The highest BCUT2D eigenvalue weighted by molar-refractivity contribution is 9.13. The van der Waals surface area contributed by atoms with E-state index >= 15 is 0 Å². The number of hydrogen-bond donors (Lipinski definition) is 4. The van der Waals surface area contributed by atoms with Gasteiger partial charge < -0.3 is 20.8 Å². The number of unbranched alkanes of at least 4 members (excludes halogenated alkanes) is 16. The third kappa shape index (κ3) is 16.8. The number of carboxylic acids is 2. The van der Waals surface area contributed by atoms with Crippen LogP contribution in [0.5, 0.6) is 0 Å². The average Bonchev–Trinajstić information content (AvgIpc) is 3.19. The molecular weight excluding hydrogens is 996 g/mol. The minimum Gasteiger partial charge on any atom is -0.478 e. The van der Waals surface area contributed by atoms with Gasteiger partial charge in [0.1, 0.15) is 0 Å². The minimum atomic E-state index is -1.37. The largest absolute Gasteiger partial charge is 0.478 e. The second-order valence-corrected chi connectivity index (χ2v) is 19.3. The van der Waals surface area contributed by atoms with Gasteiger partial charge in [0.15, 0.2) is 0 Å². The zero-order valence-corrected chi connectivity index (χ0v) is 41.9.